The number of para-hydroxylation sites is 2. The molecule has 0 radical (unpaired) electrons. The fourth-order valence-corrected chi connectivity index (χ4v) is 2.58. The van der Waals surface area contributed by atoms with E-state index in [0.29, 0.717) is 17.5 Å². The Kier molecular flexibility index (Phi) is 6.19. The molecule has 0 spiro atoms. The molecule has 0 heterocycles. The maximum absolute atomic E-state index is 11.8. The Morgan fingerprint density at radius 1 is 1.14 bits per heavy atom. The number of rotatable bonds is 5. The second-order valence-electron chi connectivity index (χ2n) is 5.28. The minimum absolute atomic E-state index is 0.124. The van der Waals surface area contributed by atoms with Gasteiger partial charge in [-0.3, -0.25) is 0 Å². The number of hydrogen-bond donors (Lipinski definition) is 2. The van der Waals surface area contributed by atoms with Crippen molar-refractivity contribution in [3.05, 3.63) is 24.3 Å². The minimum Gasteiger partial charge on any atom is -0.493 e. The summed E-state index contributed by atoms with van der Waals surface area (Å²) in [6.07, 6.45) is 7.08. The standard InChI is InChI=1S/C16H24N2O3/c1-20-14-10-6-7-11-15(14)21-12-17-16(19)18-13-8-4-2-3-5-9-13/h6-7,10-11,13H,2-5,8-9,12H2,1H3,(H2,17,18,19). The number of methoxy groups -OCH3 is 1. The molecule has 0 aromatic heterocycles. The number of urea groups is 1. The summed E-state index contributed by atoms with van der Waals surface area (Å²) in [5.41, 5.74) is 0. The van der Waals surface area contributed by atoms with E-state index in [-0.39, 0.29) is 12.8 Å². The van der Waals surface area contributed by atoms with Gasteiger partial charge < -0.3 is 20.1 Å². The number of hydrogen-bond acceptors (Lipinski definition) is 3. The maximum atomic E-state index is 11.8. The quantitative estimate of drug-likeness (QED) is 0.648. The van der Waals surface area contributed by atoms with Crippen LogP contribution in [0.25, 0.3) is 0 Å². The van der Waals surface area contributed by atoms with Gasteiger partial charge in [0.25, 0.3) is 0 Å². The largest absolute Gasteiger partial charge is 0.493 e. The van der Waals surface area contributed by atoms with Crippen LogP contribution in [-0.2, 0) is 0 Å². The van der Waals surface area contributed by atoms with Crippen molar-refractivity contribution < 1.29 is 14.3 Å². The molecule has 2 N–H and O–H groups in total. The van der Waals surface area contributed by atoms with Gasteiger partial charge in [0.05, 0.1) is 7.11 Å². The van der Waals surface area contributed by atoms with E-state index in [2.05, 4.69) is 10.6 Å². The van der Waals surface area contributed by atoms with Crippen LogP contribution < -0.4 is 20.1 Å². The molecule has 2 rings (SSSR count). The van der Waals surface area contributed by atoms with Crippen LogP contribution in [0.4, 0.5) is 4.79 Å². The van der Waals surface area contributed by atoms with Gasteiger partial charge in [-0.1, -0.05) is 37.8 Å². The first-order valence-electron chi connectivity index (χ1n) is 7.60. The number of amides is 2. The summed E-state index contributed by atoms with van der Waals surface area (Å²) in [6.45, 7) is 0.124. The third-order valence-corrected chi connectivity index (χ3v) is 3.72. The molecule has 1 aliphatic carbocycles. The van der Waals surface area contributed by atoms with E-state index in [1.54, 1.807) is 7.11 Å². The third-order valence-electron chi connectivity index (χ3n) is 3.72. The summed E-state index contributed by atoms with van der Waals surface area (Å²) in [4.78, 5) is 11.8. The lowest BCUT2D eigenvalue weighted by Crippen LogP contribution is -2.43. The number of carbonyl (C=O) groups is 1. The fourth-order valence-electron chi connectivity index (χ4n) is 2.58. The second kappa shape index (κ2) is 8.39. The van der Waals surface area contributed by atoms with Crippen LogP contribution in [0.3, 0.4) is 0 Å². The smallest absolute Gasteiger partial charge is 0.317 e. The highest BCUT2D eigenvalue weighted by Crippen LogP contribution is 2.25. The van der Waals surface area contributed by atoms with Gasteiger partial charge in [0.2, 0.25) is 0 Å². The molecular weight excluding hydrogens is 268 g/mol. The Bertz CT molecular complexity index is 443. The van der Waals surface area contributed by atoms with Crippen molar-refractivity contribution in [2.24, 2.45) is 0 Å². The monoisotopic (exact) mass is 292 g/mol. The Labute approximate surface area is 126 Å². The van der Waals surface area contributed by atoms with Crippen LogP contribution in [0.2, 0.25) is 0 Å². The van der Waals surface area contributed by atoms with E-state index in [1.165, 1.54) is 25.7 Å². The molecule has 5 heteroatoms. The molecule has 2 amide bonds. The van der Waals surface area contributed by atoms with E-state index in [0.717, 1.165) is 12.8 Å². The van der Waals surface area contributed by atoms with Gasteiger partial charge in [0, 0.05) is 6.04 Å². The SMILES string of the molecule is COc1ccccc1OCNC(=O)NC1CCCCCC1. The Morgan fingerprint density at radius 2 is 1.81 bits per heavy atom. The molecule has 0 saturated heterocycles. The average Bonchev–Trinajstić information content (AvgIpc) is 2.76. The third kappa shape index (κ3) is 5.17. The number of benzene rings is 1. The zero-order chi connectivity index (χ0) is 14.9. The Morgan fingerprint density at radius 3 is 2.48 bits per heavy atom. The van der Waals surface area contributed by atoms with Gasteiger partial charge in [-0.15, -0.1) is 0 Å². The molecule has 5 nitrogen and oxygen atoms in total. The molecule has 0 aliphatic heterocycles. The highest BCUT2D eigenvalue weighted by molar-refractivity contribution is 5.74. The van der Waals surface area contributed by atoms with E-state index < -0.39 is 0 Å². The molecular formula is C16H24N2O3. The van der Waals surface area contributed by atoms with E-state index in [9.17, 15) is 4.79 Å². The van der Waals surface area contributed by atoms with Crippen molar-refractivity contribution in [1.29, 1.82) is 0 Å². The first-order chi connectivity index (χ1) is 10.3. The second-order valence-corrected chi connectivity index (χ2v) is 5.28. The molecule has 1 aromatic rings. The summed E-state index contributed by atoms with van der Waals surface area (Å²) in [6, 6.07) is 7.49. The molecule has 1 aliphatic rings. The summed E-state index contributed by atoms with van der Waals surface area (Å²) in [5.74, 6) is 1.28. The lowest BCUT2D eigenvalue weighted by atomic mass is 10.1. The topological polar surface area (TPSA) is 59.6 Å². The van der Waals surface area contributed by atoms with Crippen LogP contribution in [0, 0.1) is 0 Å². The first kappa shape index (κ1) is 15.5. The molecule has 116 valence electrons. The molecule has 0 atom stereocenters. The lowest BCUT2D eigenvalue weighted by molar-refractivity contribution is 0.217. The van der Waals surface area contributed by atoms with Gasteiger partial charge in [-0.05, 0) is 25.0 Å². The van der Waals surface area contributed by atoms with Gasteiger partial charge in [0.15, 0.2) is 18.2 Å². The molecule has 0 bridgehead atoms. The lowest BCUT2D eigenvalue weighted by Gasteiger charge is -2.17. The van der Waals surface area contributed by atoms with Crippen LogP contribution in [0.1, 0.15) is 38.5 Å². The molecule has 0 unspecified atom stereocenters. The highest BCUT2D eigenvalue weighted by atomic mass is 16.5. The highest BCUT2D eigenvalue weighted by Gasteiger charge is 2.14. The van der Waals surface area contributed by atoms with E-state index >= 15 is 0 Å². The van der Waals surface area contributed by atoms with Crippen molar-refractivity contribution in [2.75, 3.05) is 13.8 Å². The van der Waals surface area contributed by atoms with Crippen molar-refractivity contribution >= 4 is 6.03 Å². The zero-order valence-corrected chi connectivity index (χ0v) is 12.6. The molecule has 21 heavy (non-hydrogen) atoms. The van der Waals surface area contributed by atoms with Gasteiger partial charge in [0.1, 0.15) is 0 Å². The van der Waals surface area contributed by atoms with Crippen LogP contribution >= 0.6 is 0 Å². The first-order valence-corrected chi connectivity index (χ1v) is 7.60. The summed E-state index contributed by atoms with van der Waals surface area (Å²) in [7, 11) is 1.59. The Hall–Kier alpha value is -1.91. The van der Waals surface area contributed by atoms with Gasteiger partial charge >= 0.3 is 6.03 Å². The van der Waals surface area contributed by atoms with Crippen LogP contribution in [0.5, 0.6) is 11.5 Å². The number of carbonyl (C=O) groups excluding carboxylic acids is 1. The average molecular weight is 292 g/mol. The van der Waals surface area contributed by atoms with Crippen LogP contribution in [0.15, 0.2) is 24.3 Å². The Balaban J connectivity index is 1.71. The predicted octanol–water partition coefficient (Wildman–Crippen LogP) is 3.05. The predicted molar refractivity (Wildman–Crippen MR) is 81.6 cm³/mol. The van der Waals surface area contributed by atoms with Crippen molar-refractivity contribution in [3.8, 4) is 11.5 Å². The number of ether oxygens (including phenoxy) is 2. The van der Waals surface area contributed by atoms with Gasteiger partial charge in [-0.25, -0.2) is 4.79 Å². The van der Waals surface area contributed by atoms with Crippen molar-refractivity contribution in [1.82, 2.24) is 10.6 Å². The number of nitrogens with one attached hydrogen (secondary N) is 2. The maximum Gasteiger partial charge on any atom is 0.317 e. The van der Waals surface area contributed by atoms with Crippen molar-refractivity contribution in [2.45, 2.75) is 44.6 Å². The van der Waals surface area contributed by atoms with Crippen molar-refractivity contribution in [3.63, 3.8) is 0 Å². The molecule has 1 fully saturated rings. The van der Waals surface area contributed by atoms with Gasteiger partial charge in [-0.2, -0.15) is 0 Å². The normalized spacial score (nSPS) is 15.9. The zero-order valence-electron chi connectivity index (χ0n) is 12.6. The van der Waals surface area contributed by atoms with Crippen LogP contribution in [-0.4, -0.2) is 25.9 Å². The summed E-state index contributed by atoms with van der Waals surface area (Å²) >= 11 is 0. The van der Waals surface area contributed by atoms with E-state index in [1.807, 2.05) is 24.3 Å². The fraction of sp³-hybridized carbons (Fsp3) is 0.562. The van der Waals surface area contributed by atoms with E-state index in [4.69, 9.17) is 9.47 Å². The molecule has 1 aromatic carbocycles. The summed E-state index contributed by atoms with van der Waals surface area (Å²) in [5, 5.41) is 5.73. The summed E-state index contributed by atoms with van der Waals surface area (Å²) < 4.78 is 10.7. The molecule has 1 saturated carbocycles. The minimum atomic E-state index is -0.170.